The van der Waals surface area contributed by atoms with E-state index in [2.05, 4.69) is 252 Å². The summed E-state index contributed by atoms with van der Waals surface area (Å²) < 4.78 is 8.59. The van der Waals surface area contributed by atoms with E-state index >= 15 is 0 Å². The summed E-state index contributed by atoms with van der Waals surface area (Å²) in [7, 11) is 0. The first-order valence-corrected chi connectivity index (χ1v) is 22.9. The highest BCUT2D eigenvalue weighted by atomic mass is 16.3. The molecule has 3 heteroatoms. The standard InChI is InChI=1S/C64H42N2O/c1-3-12-43(13-4-1)48-15-11-16-49(40-48)44-22-31-53(32-23-44)65(54-33-24-45(25-34-54)50-30-39-63-60(41-50)58-20-9-10-21-62(58)67-63)55-35-26-46(27-36-55)51-29-37-57-59-38-28-47-14-7-8-19-56(47)64(59)66(61(57)42-51)52-17-5-2-6-18-52/h1-42H. The van der Waals surface area contributed by atoms with Gasteiger partial charge in [0.2, 0.25) is 0 Å². The molecule has 314 valence electrons. The van der Waals surface area contributed by atoms with Gasteiger partial charge in [0.1, 0.15) is 11.2 Å². The average molecular weight is 855 g/mol. The second-order valence-corrected chi connectivity index (χ2v) is 17.3. The maximum atomic E-state index is 6.15. The van der Waals surface area contributed by atoms with Crippen molar-refractivity contribution in [3.8, 4) is 50.2 Å². The summed E-state index contributed by atoms with van der Waals surface area (Å²) in [5.74, 6) is 0. The van der Waals surface area contributed by atoms with E-state index in [1.807, 2.05) is 12.1 Å². The van der Waals surface area contributed by atoms with Crippen LogP contribution in [-0.4, -0.2) is 4.57 Å². The number of rotatable bonds is 8. The van der Waals surface area contributed by atoms with Gasteiger partial charge in [0.05, 0.1) is 11.0 Å². The zero-order valence-corrected chi connectivity index (χ0v) is 36.6. The fourth-order valence-electron chi connectivity index (χ4n) is 10.1. The molecule has 0 atom stereocenters. The number of nitrogens with zero attached hydrogens (tertiary/aromatic N) is 2. The number of anilines is 3. The molecule has 0 radical (unpaired) electrons. The maximum absolute atomic E-state index is 6.15. The average Bonchev–Trinajstić information content (AvgIpc) is 3.95. The van der Waals surface area contributed by atoms with Crippen molar-refractivity contribution in [1.82, 2.24) is 4.57 Å². The van der Waals surface area contributed by atoms with E-state index in [-0.39, 0.29) is 0 Å². The largest absolute Gasteiger partial charge is 0.456 e. The van der Waals surface area contributed by atoms with Crippen LogP contribution in [0.4, 0.5) is 17.1 Å². The van der Waals surface area contributed by atoms with Crippen LogP contribution in [0.1, 0.15) is 0 Å². The zero-order valence-electron chi connectivity index (χ0n) is 36.6. The van der Waals surface area contributed by atoms with Crippen molar-refractivity contribution in [3.63, 3.8) is 0 Å². The van der Waals surface area contributed by atoms with Gasteiger partial charge in [-0.15, -0.1) is 0 Å². The number of para-hydroxylation sites is 2. The molecule has 0 aliphatic heterocycles. The van der Waals surface area contributed by atoms with Crippen LogP contribution in [0.25, 0.3) is 105 Å². The van der Waals surface area contributed by atoms with Gasteiger partial charge in [0.25, 0.3) is 0 Å². The molecule has 0 saturated carbocycles. The fraction of sp³-hybridized carbons (Fsp3) is 0. The quantitative estimate of drug-likeness (QED) is 0.152. The van der Waals surface area contributed by atoms with E-state index < -0.39 is 0 Å². The Balaban J connectivity index is 0.892. The maximum Gasteiger partial charge on any atom is 0.135 e. The van der Waals surface area contributed by atoms with Crippen LogP contribution in [0.15, 0.2) is 259 Å². The molecule has 0 N–H and O–H groups in total. The topological polar surface area (TPSA) is 21.3 Å². The van der Waals surface area contributed by atoms with Gasteiger partial charge in [-0.25, -0.2) is 0 Å². The Morgan fingerprint density at radius 2 is 0.761 bits per heavy atom. The van der Waals surface area contributed by atoms with Gasteiger partial charge in [-0.3, -0.25) is 0 Å². The molecule has 0 fully saturated rings. The third kappa shape index (κ3) is 6.76. The Hall–Kier alpha value is -8.92. The predicted molar refractivity (Wildman–Crippen MR) is 282 cm³/mol. The number of furan rings is 1. The van der Waals surface area contributed by atoms with Crippen molar-refractivity contribution in [2.75, 3.05) is 4.90 Å². The minimum absolute atomic E-state index is 0.901. The third-order valence-electron chi connectivity index (χ3n) is 13.4. The first-order chi connectivity index (χ1) is 33.2. The van der Waals surface area contributed by atoms with E-state index in [1.54, 1.807) is 0 Å². The lowest BCUT2D eigenvalue weighted by atomic mass is 9.98. The highest BCUT2D eigenvalue weighted by Crippen LogP contribution is 2.41. The smallest absolute Gasteiger partial charge is 0.135 e. The zero-order chi connectivity index (χ0) is 44.3. The monoisotopic (exact) mass is 854 g/mol. The van der Waals surface area contributed by atoms with Crippen LogP contribution in [0, 0.1) is 0 Å². The number of hydrogen-bond acceptors (Lipinski definition) is 2. The van der Waals surface area contributed by atoms with E-state index in [0.717, 1.165) is 61.4 Å². The second kappa shape index (κ2) is 16.0. The van der Waals surface area contributed by atoms with Crippen molar-refractivity contribution >= 4 is 71.6 Å². The Morgan fingerprint density at radius 1 is 0.284 bits per heavy atom. The summed E-state index contributed by atoms with van der Waals surface area (Å²) in [4.78, 5) is 2.35. The summed E-state index contributed by atoms with van der Waals surface area (Å²) in [6, 6.07) is 92.0. The van der Waals surface area contributed by atoms with Crippen LogP contribution in [0.5, 0.6) is 0 Å². The third-order valence-corrected chi connectivity index (χ3v) is 13.4. The molecular weight excluding hydrogens is 813 g/mol. The van der Waals surface area contributed by atoms with Crippen LogP contribution in [0.3, 0.4) is 0 Å². The first-order valence-electron chi connectivity index (χ1n) is 22.9. The summed E-state index contributed by atoms with van der Waals surface area (Å²) in [5, 5.41) is 7.25. The normalized spacial score (nSPS) is 11.6. The van der Waals surface area contributed by atoms with Gasteiger partial charge in [0.15, 0.2) is 0 Å². The Kier molecular flexibility index (Phi) is 9.17. The van der Waals surface area contributed by atoms with Crippen molar-refractivity contribution in [2.45, 2.75) is 0 Å². The van der Waals surface area contributed by atoms with Crippen LogP contribution >= 0.6 is 0 Å². The minimum Gasteiger partial charge on any atom is -0.456 e. The van der Waals surface area contributed by atoms with Crippen molar-refractivity contribution < 1.29 is 4.42 Å². The summed E-state index contributed by atoms with van der Waals surface area (Å²) in [6.07, 6.45) is 0. The lowest BCUT2D eigenvalue weighted by molar-refractivity contribution is 0.669. The Bertz CT molecular complexity index is 3940. The van der Waals surface area contributed by atoms with Crippen LogP contribution in [-0.2, 0) is 0 Å². The Labute approximate surface area is 388 Å². The molecule has 13 aromatic rings. The molecule has 0 bridgehead atoms. The van der Waals surface area contributed by atoms with Crippen LogP contribution in [0.2, 0.25) is 0 Å². The number of aromatic nitrogens is 1. The lowest BCUT2D eigenvalue weighted by Gasteiger charge is -2.26. The number of hydrogen-bond donors (Lipinski definition) is 0. The van der Waals surface area contributed by atoms with Gasteiger partial charge in [0, 0.05) is 49.7 Å². The van der Waals surface area contributed by atoms with Gasteiger partial charge in [-0.2, -0.15) is 0 Å². The molecule has 0 aliphatic rings. The lowest BCUT2D eigenvalue weighted by Crippen LogP contribution is -2.09. The van der Waals surface area contributed by atoms with Gasteiger partial charge < -0.3 is 13.9 Å². The highest BCUT2D eigenvalue weighted by molar-refractivity contribution is 6.19. The molecule has 0 aliphatic carbocycles. The minimum atomic E-state index is 0.901. The van der Waals surface area contributed by atoms with E-state index in [4.69, 9.17) is 4.42 Å². The van der Waals surface area contributed by atoms with E-state index in [1.165, 1.54) is 60.4 Å². The molecule has 2 heterocycles. The predicted octanol–water partition coefficient (Wildman–Crippen LogP) is 18.0. The molecule has 0 unspecified atom stereocenters. The van der Waals surface area contributed by atoms with Crippen LogP contribution < -0.4 is 4.90 Å². The summed E-state index contributed by atoms with van der Waals surface area (Å²) in [5.41, 5.74) is 18.0. The fourth-order valence-corrected chi connectivity index (χ4v) is 10.1. The Morgan fingerprint density at radius 3 is 1.43 bits per heavy atom. The SMILES string of the molecule is c1ccc(-c2cccc(-c3ccc(N(c4ccc(-c5ccc6oc7ccccc7c6c5)cc4)c4ccc(-c5ccc6c7ccc8ccccc8c7n(-c7ccccc7)c6c5)cc4)cc3)c2)cc1. The molecule has 2 aromatic heterocycles. The molecule has 13 rings (SSSR count). The molecule has 0 amide bonds. The van der Waals surface area contributed by atoms with E-state index in [0.29, 0.717) is 0 Å². The molecule has 0 saturated heterocycles. The molecule has 11 aromatic carbocycles. The molecular formula is C64H42N2O. The highest BCUT2D eigenvalue weighted by Gasteiger charge is 2.18. The number of benzene rings is 11. The summed E-state index contributed by atoms with van der Waals surface area (Å²) >= 11 is 0. The van der Waals surface area contributed by atoms with E-state index in [9.17, 15) is 0 Å². The van der Waals surface area contributed by atoms with Gasteiger partial charge >= 0.3 is 0 Å². The second-order valence-electron chi connectivity index (χ2n) is 17.3. The van der Waals surface area contributed by atoms with Crippen molar-refractivity contribution in [2.24, 2.45) is 0 Å². The van der Waals surface area contributed by atoms with Crippen molar-refractivity contribution in [3.05, 3.63) is 255 Å². The molecule has 3 nitrogen and oxygen atoms in total. The summed E-state index contributed by atoms with van der Waals surface area (Å²) in [6.45, 7) is 0. The number of fused-ring (bicyclic) bond motifs is 8. The first kappa shape index (κ1) is 38.5. The van der Waals surface area contributed by atoms with Gasteiger partial charge in [-0.05, 0) is 129 Å². The molecule has 67 heavy (non-hydrogen) atoms. The van der Waals surface area contributed by atoms with Crippen molar-refractivity contribution in [1.29, 1.82) is 0 Å². The molecule has 0 spiro atoms. The van der Waals surface area contributed by atoms with Gasteiger partial charge in [-0.1, -0.05) is 176 Å².